The Labute approximate surface area is 238 Å². The van der Waals surface area contributed by atoms with Crippen LogP contribution in [0.15, 0.2) is 82.1 Å². The zero-order valence-corrected chi connectivity index (χ0v) is 22.9. The molecule has 2 N–H and O–H groups in total. The number of nitrogens with zero attached hydrogens (tertiary/aromatic N) is 2. The highest BCUT2D eigenvalue weighted by Crippen LogP contribution is 2.28. The number of benzene rings is 2. The zero-order chi connectivity index (χ0) is 28.6. The summed E-state index contributed by atoms with van der Waals surface area (Å²) >= 11 is 0. The van der Waals surface area contributed by atoms with Crippen molar-refractivity contribution in [1.82, 2.24) is 20.2 Å². The van der Waals surface area contributed by atoms with Gasteiger partial charge in [-0.25, -0.2) is 4.98 Å². The van der Waals surface area contributed by atoms with Gasteiger partial charge in [-0.3, -0.25) is 24.1 Å². The fraction of sp³-hybridized carbons (Fsp3) is 0.344. The van der Waals surface area contributed by atoms with Gasteiger partial charge in [0.1, 0.15) is 11.6 Å². The Kier molecular flexibility index (Phi) is 9.03. The average Bonchev–Trinajstić information content (AvgIpc) is 3.44. The number of carbonyl (C=O) groups is 3. The second-order valence-electron chi connectivity index (χ2n) is 10.6. The molecule has 0 spiro atoms. The lowest BCUT2D eigenvalue weighted by Gasteiger charge is -2.30. The van der Waals surface area contributed by atoms with E-state index in [4.69, 9.17) is 4.42 Å². The van der Waals surface area contributed by atoms with Crippen molar-refractivity contribution in [1.29, 1.82) is 0 Å². The summed E-state index contributed by atoms with van der Waals surface area (Å²) in [5, 5.41) is 2.87. The van der Waals surface area contributed by atoms with E-state index in [1.54, 1.807) is 24.3 Å². The van der Waals surface area contributed by atoms with E-state index < -0.39 is 23.8 Å². The first-order valence-corrected chi connectivity index (χ1v) is 14.2. The normalized spacial score (nSPS) is 14.4. The molecule has 1 saturated carbocycles. The molecular formula is C32H34N4O5. The third kappa shape index (κ3) is 7.16. The highest BCUT2D eigenvalue weighted by Gasteiger charge is 2.34. The fourth-order valence-electron chi connectivity index (χ4n) is 5.44. The maximum Gasteiger partial charge on any atom is 0.316 e. The second kappa shape index (κ2) is 13.2. The van der Waals surface area contributed by atoms with E-state index in [9.17, 15) is 19.2 Å². The van der Waals surface area contributed by atoms with Crippen molar-refractivity contribution in [2.24, 2.45) is 5.92 Å². The first-order chi connectivity index (χ1) is 20.0. The van der Waals surface area contributed by atoms with E-state index in [0.29, 0.717) is 30.4 Å². The molecule has 9 nitrogen and oxygen atoms in total. The number of aromatic amines is 1. The number of para-hydroxylation sites is 2. The Balaban J connectivity index is 1.41. The van der Waals surface area contributed by atoms with Gasteiger partial charge < -0.3 is 14.7 Å². The minimum absolute atomic E-state index is 0.140. The summed E-state index contributed by atoms with van der Waals surface area (Å²) in [6.45, 7) is 0.140. The number of pyridine rings is 1. The minimum Gasteiger partial charge on any atom is -0.432 e. The number of amides is 3. The summed E-state index contributed by atoms with van der Waals surface area (Å²) in [6.07, 6.45) is 8.17. The summed E-state index contributed by atoms with van der Waals surface area (Å²) in [6, 6.07) is 18.7. The van der Waals surface area contributed by atoms with E-state index in [-0.39, 0.29) is 29.5 Å². The molecular weight excluding hydrogens is 520 g/mol. The Morgan fingerprint density at radius 3 is 2.46 bits per heavy atom. The number of aromatic nitrogens is 2. The molecule has 2 aromatic heterocycles. The largest absolute Gasteiger partial charge is 0.432 e. The van der Waals surface area contributed by atoms with Gasteiger partial charge in [0.15, 0.2) is 5.58 Å². The minimum atomic E-state index is -0.928. The van der Waals surface area contributed by atoms with E-state index in [1.165, 1.54) is 23.2 Å². The van der Waals surface area contributed by atoms with Gasteiger partial charge in [-0.2, -0.15) is 0 Å². The number of fused-ring (bicyclic) bond motifs is 1. The Bertz CT molecular complexity index is 1500. The van der Waals surface area contributed by atoms with Crippen molar-refractivity contribution in [2.45, 2.75) is 57.4 Å². The third-order valence-corrected chi connectivity index (χ3v) is 7.62. The van der Waals surface area contributed by atoms with Crippen molar-refractivity contribution in [3.8, 4) is 0 Å². The lowest BCUT2D eigenvalue weighted by atomic mass is 9.84. The molecule has 9 heteroatoms. The lowest BCUT2D eigenvalue weighted by Crippen LogP contribution is -2.51. The van der Waals surface area contributed by atoms with Crippen LogP contribution in [-0.2, 0) is 11.2 Å². The standard InChI is InChI=1S/C32H34N4O5/c37-28-18-17-24(21-33-28)29(38)34-26(20-23-12-5-2-6-13-23)31(39)36(19-9-14-22-10-3-1-4-11-22)32(40)30-35-25-15-7-8-16-27(25)41-30/h1,3-4,7-8,10-11,15-18,21,23,26H,2,5-6,9,12-14,19-20H2,(H,33,37)(H,34,38)/t26-/m0/s1. The molecule has 0 aliphatic heterocycles. The molecule has 1 atom stereocenters. The van der Waals surface area contributed by atoms with Gasteiger partial charge in [-0.1, -0.05) is 74.6 Å². The second-order valence-corrected chi connectivity index (χ2v) is 10.6. The summed E-state index contributed by atoms with van der Waals surface area (Å²) in [4.78, 5) is 60.6. The number of nitrogens with one attached hydrogen (secondary N) is 2. The topological polar surface area (TPSA) is 125 Å². The van der Waals surface area contributed by atoms with Crippen LogP contribution in [0.2, 0.25) is 0 Å². The Morgan fingerprint density at radius 2 is 1.73 bits per heavy atom. The number of hydrogen-bond donors (Lipinski definition) is 2. The first-order valence-electron chi connectivity index (χ1n) is 14.2. The molecule has 3 amide bonds. The maximum absolute atomic E-state index is 14.2. The Morgan fingerprint density at radius 1 is 0.976 bits per heavy atom. The molecule has 0 radical (unpaired) electrons. The molecule has 212 valence electrons. The number of H-pyrrole nitrogens is 1. The van der Waals surface area contributed by atoms with Crippen molar-refractivity contribution in [2.75, 3.05) is 6.54 Å². The van der Waals surface area contributed by atoms with Crippen LogP contribution in [0.5, 0.6) is 0 Å². The van der Waals surface area contributed by atoms with Crippen LogP contribution in [0.3, 0.4) is 0 Å². The number of carbonyl (C=O) groups excluding carboxylic acids is 3. The van der Waals surface area contributed by atoms with E-state index in [0.717, 1.165) is 37.7 Å². The van der Waals surface area contributed by atoms with Gasteiger partial charge in [-0.05, 0) is 48.9 Å². The van der Waals surface area contributed by atoms with E-state index in [1.807, 2.05) is 30.3 Å². The van der Waals surface area contributed by atoms with Gasteiger partial charge in [-0.15, -0.1) is 0 Å². The first kappa shape index (κ1) is 28.0. The molecule has 0 unspecified atom stereocenters. The van der Waals surface area contributed by atoms with Crippen LogP contribution >= 0.6 is 0 Å². The summed E-state index contributed by atoms with van der Waals surface area (Å²) < 4.78 is 5.74. The summed E-state index contributed by atoms with van der Waals surface area (Å²) in [7, 11) is 0. The zero-order valence-electron chi connectivity index (χ0n) is 22.9. The number of oxazole rings is 1. The molecule has 0 bridgehead atoms. The molecule has 2 aromatic carbocycles. The van der Waals surface area contributed by atoms with Gasteiger partial charge in [0.05, 0.1) is 5.56 Å². The maximum atomic E-state index is 14.2. The summed E-state index contributed by atoms with van der Waals surface area (Å²) in [5.74, 6) is -1.53. The van der Waals surface area contributed by atoms with Gasteiger partial charge >= 0.3 is 5.91 Å². The predicted molar refractivity (Wildman–Crippen MR) is 154 cm³/mol. The smallest absolute Gasteiger partial charge is 0.316 e. The monoisotopic (exact) mass is 554 g/mol. The fourth-order valence-corrected chi connectivity index (χ4v) is 5.44. The van der Waals surface area contributed by atoms with Gasteiger partial charge in [0, 0.05) is 18.8 Å². The molecule has 1 aliphatic rings. The van der Waals surface area contributed by atoms with Gasteiger partial charge in [0.25, 0.3) is 17.7 Å². The molecule has 2 heterocycles. The quantitative estimate of drug-likeness (QED) is 0.288. The van der Waals surface area contributed by atoms with Crippen LogP contribution in [-0.4, -0.2) is 45.2 Å². The van der Waals surface area contributed by atoms with Crippen molar-refractivity contribution >= 4 is 28.8 Å². The summed E-state index contributed by atoms with van der Waals surface area (Å²) in [5.41, 5.74) is 1.98. The predicted octanol–water partition coefficient (Wildman–Crippen LogP) is 4.89. The number of hydrogen-bond acceptors (Lipinski definition) is 6. The number of imide groups is 1. The van der Waals surface area contributed by atoms with Crippen LogP contribution < -0.4 is 10.9 Å². The number of rotatable bonds is 10. The lowest BCUT2D eigenvalue weighted by molar-refractivity contribution is -0.131. The Hall–Kier alpha value is -4.53. The van der Waals surface area contributed by atoms with E-state index >= 15 is 0 Å². The third-order valence-electron chi connectivity index (χ3n) is 7.62. The molecule has 1 fully saturated rings. The molecule has 4 aromatic rings. The molecule has 41 heavy (non-hydrogen) atoms. The van der Waals surface area contributed by atoms with Gasteiger partial charge in [0.2, 0.25) is 5.56 Å². The average molecular weight is 555 g/mol. The van der Waals surface area contributed by atoms with Crippen LogP contribution in [0.25, 0.3) is 11.1 Å². The van der Waals surface area contributed by atoms with Crippen molar-refractivity contribution in [3.63, 3.8) is 0 Å². The molecule has 5 rings (SSSR count). The molecule has 1 aliphatic carbocycles. The van der Waals surface area contributed by atoms with Crippen LogP contribution in [0.1, 0.15) is 71.6 Å². The molecule has 0 saturated heterocycles. The highest BCUT2D eigenvalue weighted by molar-refractivity contribution is 6.06. The van der Waals surface area contributed by atoms with Crippen molar-refractivity contribution < 1.29 is 18.8 Å². The van der Waals surface area contributed by atoms with Crippen LogP contribution in [0, 0.1) is 5.92 Å². The SMILES string of the molecule is O=C(N[C@@H](CC1CCCCC1)C(=O)N(CCCc1ccccc1)C(=O)c1nc2ccccc2o1)c1ccc(=O)[nH]c1. The van der Waals surface area contributed by atoms with E-state index in [2.05, 4.69) is 15.3 Å². The van der Waals surface area contributed by atoms with Crippen molar-refractivity contribution in [3.05, 3.63) is 100 Å². The number of aryl methyl sites for hydroxylation is 1. The highest BCUT2D eigenvalue weighted by atomic mass is 16.4. The van der Waals surface area contributed by atoms with Crippen LogP contribution in [0.4, 0.5) is 0 Å².